The maximum absolute atomic E-state index is 14.0. The number of carbonyl (C=O) groups excluding carboxylic acids is 1. The highest BCUT2D eigenvalue weighted by molar-refractivity contribution is 5.94. The van der Waals surface area contributed by atoms with Crippen molar-refractivity contribution in [1.82, 2.24) is 24.2 Å². The molecule has 3 aromatic carbocycles. The van der Waals surface area contributed by atoms with Crippen LogP contribution in [-0.4, -0.2) is 43.2 Å². The molecule has 0 bridgehead atoms. The van der Waals surface area contributed by atoms with Crippen molar-refractivity contribution in [2.45, 2.75) is 46.6 Å². The number of hydrogen-bond donors (Lipinski definition) is 1. The Hall–Kier alpha value is -4.39. The van der Waals surface area contributed by atoms with E-state index in [1.165, 1.54) is 11.1 Å². The standard InChI is InChI=1S/C32H33N5O2/c1-20-9-10-22(3)29(17-20)37-30(19-27(34-37)24-12-11-21(2)23(4)18-24)31(38)35-15-13-25(14-16-35)36-28-8-6-5-7-26(28)33-32(36)39/h5-12,17-19,25H,13-16H2,1-4H3,(H,33,39). The molecule has 39 heavy (non-hydrogen) atoms. The summed E-state index contributed by atoms with van der Waals surface area (Å²) in [7, 11) is 0. The van der Waals surface area contributed by atoms with Crippen LogP contribution >= 0.6 is 0 Å². The van der Waals surface area contributed by atoms with Crippen molar-refractivity contribution in [3.05, 3.63) is 105 Å². The molecule has 5 aromatic rings. The van der Waals surface area contributed by atoms with Crippen LogP contribution in [0.2, 0.25) is 0 Å². The average molecular weight is 520 g/mol. The quantitative estimate of drug-likeness (QED) is 0.322. The number of piperidine rings is 1. The van der Waals surface area contributed by atoms with Crippen molar-refractivity contribution >= 4 is 16.9 Å². The van der Waals surface area contributed by atoms with Gasteiger partial charge in [-0.05, 0) is 93.1 Å². The lowest BCUT2D eigenvalue weighted by molar-refractivity contribution is 0.0685. The average Bonchev–Trinajstić information content (AvgIpc) is 3.52. The molecule has 0 saturated carbocycles. The molecule has 0 radical (unpaired) electrons. The number of para-hydroxylation sites is 2. The van der Waals surface area contributed by atoms with Crippen LogP contribution in [0.1, 0.15) is 51.6 Å². The minimum Gasteiger partial charge on any atom is -0.337 e. The zero-order chi connectivity index (χ0) is 27.3. The lowest BCUT2D eigenvalue weighted by Crippen LogP contribution is -2.41. The first-order valence-electron chi connectivity index (χ1n) is 13.5. The van der Waals surface area contributed by atoms with E-state index in [9.17, 15) is 9.59 Å². The number of nitrogens with zero attached hydrogens (tertiary/aromatic N) is 4. The smallest absolute Gasteiger partial charge is 0.326 e. The van der Waals surface area contributed by atoms with Crippen LogP contribution in [-0.2, 0) is 0 Å². The molecular weight excluding hydrogens is 486 g/mol. The van der Waals surface area contributed by atoms with Crippen LogP contribution in [0.4, 0.5) is 0 Å². The number of likely N-dealkylation sites (tertiary alicyclic amines) is 1. The van der Waals surface area contributed by atoms with E-state index in [1.54, 1.807) is 0 Å². The van der Waals surface area contributed by atoms with Crippen molar-refractivity contribution in [2.24, 2.45) is 0 Å². The number of H-pyrrole nitrogens is 1. The molecular formula is C32H33N5O2. The Morgan fingerprint density at radius 3 is 2.38 bits per heavy atom. The lowest BCUT2D eigenvalue weighted by atomic mass is 10.0. The molecule has 3 heterocycles. The van der Waals surface area contributed by atoms with E-state index >= 15 is 0 Å². The molecule has 1 N–H and O–H groups in total. The molecule has 2 aromatic heterocycles. The fourth-order valence-electron chi connectivity index (χ4n) is 5.63. The van der Waals surface area contributed by atoms with Crippen LogP contribution in [0.15, 0.2) is 71.5 Å². The van der Waals surface area contributed by atoms with Crippen molar-refractivity contribution in [3.8, 4) is 16.9 Å². The number of hydrogen-bond acceptors (Lipinski definition) is 3. The van der Waals surface area contributed by atoms with E-state index in [2.05, 4.69) is 62.2 Å². The maximum Gasteiger partial charge on any atom is 0.326 e. The Morgan fingerprint density at radius 1 is 0.872 bits per heavy atom. The summed E-state index contributed by atoms with van der Waals surface area (Å²) in [5, 5.41) is 4.96. The third kappa shape index (κ3) is 4.48. The van der Waals surface area contributed by atoms with Crippen LogP contribution < -0.4 is 5.69 Å². The van der Waals surface area contributed by atoms with Crippen LogP contribution in [0, 0.1) is 27.7 Å². The van der Waals surface area contributed by atoms with Crippen LogP contribution in [0.25, 0.3) is 28.0 Å². The highest BCUT2D eigenvalue weighted by Gasteiger charge is 2.29. The Bertz CT molecular complexity index is 1770. The molecule has 0 aliphatic carbocycles. The van der Waals surface area contributed by atoms with Crippen LogP contribution in [0.3, 0.4) is 0 Å². The summed E-state index contributed by atoms with van der Waals surface area (Å²) in [6.07, 6.45) is 1.43. The minimum absolute atomic E-state index is 0.0387. The Balaban J connectivity index is 1.33. The first kappa shape index (κ1) is 24.9. The topological polar surface area (TPSA) is 75.9 Å². The highest BCUT2D eigenvalue weighted by Crippen LogP contribution is 2.29. The van der Waals surface area contributed by atoms with E-state index < -0.39 is 0 Å². The number of aromatic amines is 1. The number of benzene rings is 3. The van der Waals surface area contributed by atoms with Gasteiger partial charge in [-0.15, -0.1) is 0 Å². The first-order chi connectivity index (χ1) is 18.8. The Morgan fingerprint density at radius 2 is 1.62 bits per heavy atom. The number of aryl methyl sites for hydroxylation is 4. The van der Waals surface area contributed by atoms with Gasteiger partial charge in [-0.3, -0.25) is 9.36 Å². The molecule has 1 fully saturated rings. The lowest BCUT2D eigenvalue weighted by Gasteiger charge is -2.32. The summed E-state index contributed by atoms with van der Waals surface area (Å²) in [4.78, 5) is 31.6. The molecule has 0 atom stereocenters. The van der Waals surface area contributed by atoms with E-state index in [0.717, 1.165) is 51.9 Å². The fraction of sp³-hybridized carbons (Fsp3) is 0.281. The number of aromatic nitrogens is 4. The van der Waals surface area contributed by atoms with Gasteiger partial charge in [0.25, 0.3) is 5.91 Å². The summed E-state index contributed by atoms with van der Waals surface area (Å²) >= 11 is 0. The van der Waals surface area contributed by atoms with E-state index in [-0.39, 0.29) is 17.6 Å². The van der Waals surface area contributed by atoms with E-state index in [1.807, 2.05) is 51.4 Å². The predicted octanol–water partition coefficient (Wildman–Crippen LogP) is 5.89. The summed E-state index contributed by atoms with van der Waals surface area (Å²) in [5.41, 5.74) is 9.49. The van der Waals surface area contributed by atoms with Gasteiger partial charge in [0.15, 0.2) is 0 Å². The van der Waals surface area contributed by atoms with Gasteiger partial charge in [0.05, 0.1) is 22.4 Å². The van der Waals surface area contributed by atoms with Gasteiger partial charge in [-0.1, -0.05) is 36.4 Å². The predicted molar refractivity (Wildman–Crippen MR) is 155 cm³/mol. The van der Waals surface area contributed by atoms with Crippen molar-refractivity contribution in [1.29, 1.82) is 0 Å². The van der Waals surface area contributed by atoms with Crippen molar-refractivity contribution in [3.63, 3.8) is 0 Å². The number of fused-ring (bicyclic) bond motifs is 1. The third-order valence-electron chi connectivity index (χ3n) is 8.06. The Kier molecular flexibility index (Phi) is 6.22. The SMILES string of the molecule is Cc1ccc(C)c(-n2nc(-c3ccc(C)c(C)c3)cc2C(=O)N2CCC(n3c(=O)[nH]c4ccccc43)CC2)c1. The summed E-state index contributed by atoms with van der Waals surface area (Å²) in [5.74, 6) is -0.0387. The van der Waals surface area contributed by atoms with Gasteiger partial charge in [0, 0.05) is 24.7 Å². The zero-order valence-corrected chi connectivity index (χ0v) is 22.9. The molecule has 1 amide bonds. The van der Waals surface area contributed by atoms with Gasteiger partial charge in [-0.25, -0.2) is 9.48 Å². The Labute approximate surface area is 227 Å². The molecule has 0 spiro atoms. The van der Waals surface area contributed by atoms with Gasteiger partial charge in [0.1, 0.15) is 5.69 Å². The zero-order valence-electron chi connectivity index (χ0n) is 22.9. The number of nitrogens with one attached hydrogen (secondary N) is 1. The second kappa shape index (κ2) is 9.73. The van der Waals surface area contributed by atoms with E-state index in [0.29, 0.717) is 18.8 Å². The van der Waals surface area contributed by atoms with E-state index in [4.69, 9.17) is 5.10 Å². The van der Waals surface area contributed by atoms with Gasteiger partial charge >= 0.3 is 5.69 Å². The largest absolute Gasteiger partial charge is 0.337 e. The summed E-state index contributed by atoms with van der Waals surface area (Å²) in [6, 6.07) is 22.3. The maximum atomic E-state index is 14.0. The van der Waals surface area contributed by atoms with Crippen molar-refractivity contribution in [2.75, 3.05) is 13.1 Å². The fourth-order valence-corrected chi connectivity index (χ4v) is 5.63. The number of carbonyl (C=O) groups is 1. The molecule has 7 heteroatoms. The van der Waals surface area contributed by atoms with Crippen molar-refractivity contribution < 1.29 is 4.79 Å². The van der Waals surface area contributed by atoms with Gasteiger partial charge in [-0.2, -0.15) is 5.10 Å². The van der Waals surface area contributed by atoms with Crippen LogP contribution in [0.5, 0.6) is 0 Å². The van der Waals surface area contributed by atoms with Gasteiger partial charge in [0.2, 0.25) is 0 Å². The normalized spacial score (nSPS) is 14.3. The number of rotatable bonds is 4. The number of amides is 1. The molecule has 0 unspecified atom stereocenters. The minimum atomic E-state index is -0.0907. The molecule has 7 nitrogen and oxygen atoms in total. The third-order valence-corrected chi connectivity index (χ3v) is 8.06. The monoisotopic (exact) mass is 519 g/mol. The molecule has 198 valence electrons. The second-order valence-corrected chi connectivity index (χ2v) is 10.8. The highest BCUT2D eigenvalue weighted by atomic mass is 16.2. The number of imidazole rings is 1. The molecule has 1 saturated heterocycles. The molecule has 1 aliphatic heterocycles. The summed E-state index contributed by atoms with van der Waals surface area (Å²) < 4.78 is 3.67. The first-order valence-corrected chi connectivity index (χ1v) is 13.5. The second-order valence-electron chi connectivity index (χ2n) is 10.8. The summed E-state index contributed by atoms with van der Waals surface area (Å²) in [6.45, 7) is 9.44. The van der Waals surface area contributed by atoms with Gasteiger partial charge < -0.3 is 9.88 Å². The molecule has 6 rings (SSSR count). The molecule has 1 aliphatic rings.